The molecule has 0 aromatic carbocycles. The van der Waals surface area contributed by atoms with Crippen molar-refractivity contribution in [2.45, 2.75) is 40.3 Å². The summed E-state index contributed by atoms with van der Waals surface area (Å²) in [6.45, 7) is 9.21. The quantitative estimate of drug-likeness (QED) is 0.847. The molecule has 2 rings (SSSR count). The monoisotopic (exact) mass is 278 g/mol. The van der Waals surface area contributed by atoms with Gasteiger partial charge in [-0.05, 0) is 31.0 Å². The molecule has 2 aromatic rings. The van der Waals surface area contributed by atoms with Gasteiger partial charge in [-0.15, -0.1) is 16.4 Å². The fourth-order valence-electron chi connectivity index (χ4n) is 1.84. The minimum atomic E-state index is 0.661. The Bertz CT molecular complexity index is 501. The second-order valence-electron chi connectivity index (χ2n) is 5.15. The molecule has 2 heterocycles. The van der Waals surface area contributed by atoms with Gasteiger partial charge in [0.25, 0.3) is 0 Å². The summed E-state index contributed by atoms with van der Waals surface area (Å²) in [6, 6.07) is 4.38. The van der Waals surface area contributed by atoms with E-state index in [0.717, 1.165) is 31.7 Å². The third kappa shape index (κ3) is 4.44. The van der Waals surface area contributed by atoms with Gasteiger partial charge in [0.1, 0.15) is 0 Å². The van der Waals surface area contributed by atoms with E-state index in [1.807, 2.05) is 22.2 Å². The van der Waals surface area contributed by atoms with Crippen LogP contribution in [0.1, 0.15) is 36.2 Å². The lowest BCUT2D eigenvalue weighted by molar-refractivity contribution is 0.548. The largest absolute Gasteiger partial charge is 0.311 e. The fourth-order valence-corrected chi connectivity index (χ4v) is 2.79. The summed E-state index contributed by atoms with van der Waals surface area (Å²) in [7, 11) is 0. The lowest BCUT2D eigenvalue weighted by Crippen LogP contribution is -2.19. The number of aryl methyl sites for hydroxylation is 1. The summed E-state index contributed by atoms with van der Waals surface area (Å²) in [4.78, 5) is 2.76. The van der Waals surface area contributed by atoms with Crippen molar-refractivity contribution in [1.29, 1.82) is 0 Å². The van der Waals surface area contributed by atoms with E-state index in [0.29, 0.717) is 5.92 Å². The van der Waals surface area contributed by atoms with Crippen LogP contribution in [-0.4, -0.2) is 21.5 Å². The molecule has 104 valence electrons. The maximum atomic E-state index is 4.19. The van der Waals surface area contributed by atoms with E-state index >= 15 is 0 Å². The molecule has 0 spiro atoms. The van der Waals surface area contributed by atoms with Crippen LogP contribution in [0.4, 0.5) is 0 Å². The Kier molecular flexibility index (Phi) is 5.10. The van der Waals surface area contributed by atoms with Crippen LogP contribution in [0.15, 0.2) is 18.3 Å². The highest BCUT2D eigenvalue weighted by atomic mass is 32.1. The molecule has 1 N–H and O–H groups in total. The van der Waals surface area contributed by atoms with E-state index in [9.17, 15) is 0 Å². The van der Waals surface area contributed by atoms with E-state index in [1.165, 1.54) is 9.75 Å². The normalized spacial score (nSPS) is 11.4. The molecule has 0 unspecified atom stereocenters. The van der Waals surface area contributed by atoms with Gasteiger partial charge in [-0.25, -0.2) is 4.68 Å². The van der Waals surface area contributed by atoms with E-state index in [1.54, 1.807) is 0 Å². The van der Waals surface area contributed by atoms with Crippen LogP contribution in [0.25, 0.3) is 0 Å². The van der Waals surface area contributed by atoms with Gasteiger partial charge in [-0.2, -0.15) is 0 Å². The first-order chi connectivity index (χ1) is 9.17. The van der Waals surface area contributed by atoms with Crippen molar-refractivity contribution in [3.63, 3.8) is 0 Å². The van der Waals surface area contributed by atoms with E-state index in [4.69, 9.17) is 0 Å². The van der Waals surface area contributed by atoms with Gasteiger partial charge in [-0.3, -0.25) is 0 Å². The first kappa shape index (κ1) is 14.2. The molecule has 0 amide bonds. The van der Waals surface area contributed by atoms with Gasteiger partial charge in [0.05, 0.1) is 18.4 Å². The molecule has 0 aliphatic rings. The van der Waals surface area contributed by atoms with Crippen molar-refractivity contribution < 1.29 is 0 Å². The minimum Gasteiger partial charge on any atom is -0.311 e. The molecule has 0 aliphatic heterocycles. The smallest absolute Gasteiger partial charge is 0.0964 e. The maximum absolute atomic E-state index is 4.19. The van der Waals surface area contributed by atoms with Crippen LogP contribution in [0.5, 0.6) is 0 Å². The Balaban J connectivity index is 1.86. The molecule has 19 heavy (non-hydrogen) atoms. The fraction of sp³-hybridized carbons (Fsp3) is 0.571. The third-order valence-electron chi connectivity index (χ3n) is 2.83. The highest BCUT2D eigenvalue weighted by Crippen LogP contribution is 2.17. The van der Waals surface area contributed by atoms with E-state index < -0.39 is 0 Å². The number of nitrogens with zero attached hydrogens (tertiary/aromatic N) is 3. The predicted molar refractivity (Wildman–Crippen MR) is 79.4 cm³/mol. The third-order valence-corrected chi connectivity index (χ3v) is 4.04. The first-order valence-electron chi connectivity index (χ1n) is 6.84. The average Bonchev–Trinajstić information content (AvgIpc) is 2.99. The Hall–Kier alpha value is -1.20. The minimum absolute atomic E-state index is 0.661. The topological polar surface area (TPSA) is 42.7 Å². The molecular formula is C14H22N4S. The summed E-state index contributed by atoms with van der Waals surface area (Å²) in [5.41, 5.74) is 1.01. The zero-order chi connectivity index (χ0) is 13.7. The molecule has 2 aromatic heterocycles. The van der Waals surface area contributed by atoms with Gasteiger partial charge < -0.3 is 5.32 Å². The summed E-state index contributed by atoms with van der Waals surface area (Å²) >= 11 is 1.85. The van der Waals surface area contributed by atoms with Crippen LogP contribution in [0.2, 0.25) is 0 Å². The molecule has 0 atom stereocenters. The molecule has 5 heteroatoms. The van der Waals surface area contributed by atoms with E-state index in [-0.39, 0.29) is 0 Å². The maximum Gasteiger partial charge on any atom is 0.0964 e. The zero-order valence-corrected chi connectivity index (χ0v) is 12.7. The van der Waals surface area contributed by atoms with Crippen molar-refractivity contribution >= 4 is 11.3 Å². The zero-order valence-electron chi connectivity index (χ0n) is 11.9. The van der Waals surface area contributed by atoms with Crippen molar-refractivity contribution in [1.82, 2.24) is 20.3 Å². The van der Waals surface area contributed by atoms with Gasteiger partial charge in [0.2, 0.25) is 0 Å². The van der Waals surface area contributed by atoms with Gasteiger partial charge in [0.15, 0.2) is 0 Å². The molecule has 0 radical (unpaired) electrons. The van der Waals surface area contributed by atoms with Crippen LogP contribution >= 0.6 is 11.3 Å². The summed E-state index contributed by atoms with van der Waals surface area (Å²) in [6.07, 6.45) is 3.13. The second-order valence-corrected chi connectivity index (χ2v) is 6.41. The number of nitrogens with one attached hydrogen (secondary N) is 1. The van der Waals surface area contributed by atoms with Gasteiger partial charge >= 0.3 is 0 Å². The highest BCUT2D eigenvalue weighted by molar-refractivity contribution is 7.11. The number of rotatable bonds is 7. The lowest BCUT2D eigenvalue weighted by atomic mass is 10.2. The Morgan fingerprint density at radius 1 is 1.32 bits per heavy atom. The van der Waals surface area contributed by atoms with Crippen molar-refractivity contribution in [3.05, 3.63) is 33.8 Å². The molecule has 0 saturated carbocycles. The number of hydrogen-bond acceptors (Lipinski definition) is 4. The number of thiophene rings is 1. The van der Waals surface area contributed by atoms with Gasteiger partial charge in [-0.1, -0.05) is 26.0 Å². The predicted octanol–water partition coefficient (Wildman–Crippen LogP) is 2.70. The first-order valence-corrected chi connectivity index (χ1v) is 7.66. The van der Waals surface area contributed by atoms with Crippen molar-refractivity contribution in [3.8, 4) is 0 Å². The molecular weight excluding hydrogens is 256 g/mol. The van der Waals surface area contributed by atoms with Crippen LogP contribution in [0, 0.1) is 5.92 Å². The molecule has 4 nitrogen and oxygen atoms in total. The lowest BCUT2D eigenvalue weighted by Gasteiger charge is -2.04. The number of hydrogen-bond donors (Lipinski definition) is 1. The standard InChI is InChI=1S/C14H22N4S/c1-4-13-5-6-14(19-13)10-18-9-12(16-17-18)8-15-7-11(2)3/h5-6,9,11,15H,4,7-8,10H2,1-3H3. The summed E-state index contributed by atoms with van der Waals surface area (Å²) < 4.78 is 1.91. The van der Waals surface area contributed by atoms with Crippen LogP contribution < -0.4 is 5.32 Å². The van der Waals surface area contributed by atoms with Crippen molar-refractivity contribution in [2.75, 3.05) is 6.54 Å². The Labute approximate surface area is 118 Å². The van der Waals surface area contributed by atoms with Crippen molar-refractivity contribution in [2.24, 2.45) is 5.92 Å². The Morgan fingerprint density at radius 3 is 2.79 bits per heavy atom. The van der Waals surface area contributed by atoms with Crippen LogP contribution in [-0.2, 0) is 19.5 Å². The molecule has 0 fully saturated rings. The summed E-state index contributed by atoms with van der Waals surface area (Å²) in [5, 5.41) is 11.7. The highest BCUT2D eigenvalue weighted by Gasteiger charge is 2.04. The molecule has 0 bridgehead atoms. The van der Waals surface area contributed by atoms with E-state index in [2.05, 4.69) is 48.5 Å². The molecule has 0 saturated heterocycles. The van der Waals surface area contributed by atoms with Crippen LogP contribution in [0.3, 0.4) is 0 Å². The second kappa shape index (κ2) is 6.82. The van der Waals surface area contributed by atoms with Gasteiger partial charge in [0, 0.05) is 16.3 Å². The Morgan fingerprint density at radius 2 is 2.11 bits per heavy atom. The average molecular weight is 278 g/mol. The number of aromatic nitrogens is 3. The summed E-state index contributed by atoms with van der Waals surface area (Å²) in [5.74, 6) is 0.661. The molecule has 0 aliphatic carbocycles. The SMILES string of the molecule is CCc1ccc(Cn2cc(CNCC(C)C)nn2)s1.